The van der Waals surface area contributed by atoms with E-state index in [0.29, 0.717) is 18.1 Å². The summed E-state index contributed by atoms with van der Waals surface area (Å²) in [6.45, 7) is 3.88. The molecule has 1 heterocycles. The van der Waals surface area contributed by atoms with Gasteiger partial charge in [0.25, 0.3) is 0 Å². The summed E-state index contributed by atoms with van der Waals surface area (Å²) < 4.78 is 10.7. The molecule has 1 aromatic carbocycles. The number of benzene rings is 1. The Labute approximate surface area is 99.8 Å². The van der Waals surface area contributed by atoms with Gasteiger partial charge >= 0.3 is 0 Å². The van der Waals surface area contributed by atoms with Gasteiger partial charge in [-0.15, -0.1) is 0 Å². The van der Waals surface area contributed by atoms with Crippen molar-refractivity contribution in [2.75, 3.05) is 0 Å². The molecule has 4 nitrogen and oxygen atoms in total. The number of hydrogen-bond donors (Lipinski definition) is 1. The smallest absolute Gasteiger partial charge is 0.174 e. The molecule has 0 saturated heterocycles. The van der Waals surface area contributed by atoms with E-state index < -0.39 is 6.10 Å². The van der Waals surface area contributed by atoms with Crippen LogP contribution >= 0.6 is 0 Å². The van der Waals surface area contributed by atoms with E-state index in [-0.39, 0.29) is 0 Å². The molecule has 0 bridgehead atoms. The minimum Gasteiger partial charge on any atom is -0.485 e. The zero-order chi connectivity index (χ0) is 12.3. The molecule has 1 aromatic heterocycles. The second-order valence-electron chi connectivity index (χ2n) is 3.94. The highest BCUT2D eigenvalue weighted by molar-refractivity contribution is 5.34. The Balaban J connectivity index is 2.08. The molecule has 0 amide bonds. The second-order valence-corrected chi connectivity index (χ2v) is 3.94. The van der Waals surface area contributed by atoms with Crippen molar-refractivity contribution in [3.05, 3.63) is 47.3 Å². The molecule has 4 heteroatoms. The molecule has 0 unspecified atom stereocenters. The minimum absolute atomic E-state index is 0.310. The molecule has 1 N–H and O–H groups in total. The Kier molecular flexibility index (Phi) is 3.44. The fraction of sp³-hybridized carbons (Fsp3) is 0.308. The van der Waals surface area contributed by atoms with Crippen LogP contribution in [0.2, 0.25) is 0 Å². The van der Waals surface area contributed by atoms with E-state index in [1.807, 2.05) is 37.3 Å². The first-order chi connectivity index (χ1) is 8.16. The Morgan fingerprint density at radius 1 is 1.41 bits per heavy atom. The lowest BCUT2D eigenvalue weighted by Gasteiger charge is -2.11. The maximum atomic E-state index is 9.59. The number of aryl methyl sites for hydroxylation is 1. The Bertz CT molecular complexity index is 491. The van der Waals surface area contributed by atoms with Gasteiger partial charge in [0.1, 0.15) is 12.4 Å². The van der Waals surface area contributed by atoms with E-state index in [1.54, 1.807) is 6.92 Å². The molecule has 0 fully saturated rings. The molecule has 0 radical (unpaired) electrons. The lowest BCUT2D eigenvalue weighted by Crippen LogP contribution is -2.00. The molecule has 2 aromatic rings. The molecule has 0 aliphatic rings. The van der Waals surface area contributed by atoms with Crippen molar-refractivity contribution in [3.63, 3.8) is 0 Å². The van der Waals surface area contributed by atoms with Gasteiger partial charge in [0.2, 0.25) is 0 Å². The number of hydrogen-bond acceptors (Lipinski definition) is 4. The van der Waals surface area contributed by atoms with Crippen molar-refractivity contribution in [3.8, 4) is 5.75 Å². The summed E-state index contributed by atoms with van der Waals surface area (Å²) in [6.07, 6.45) is -0.553. The first-order valence-electron chi connectivity index (χ1n) is 5.49. The maximum Gasteiger partial charge on any atom is 0.174 e. The average Bonchev–Trinajstić information content (AvgIpc) is 2.73. The van der Waals surface area contributed by atoms with E-state index in [9.17, 15) is 5.11 Å². The zero-order valence-corrected chi connectivity index (χ0v) is 9.88. The fourth-order valence-electron chi connectivity index (χ4n) is 1.59. The number of aliphatic hydroxyl groups is 1. The molecule has 17 heavy (non-hydrogen) atoms. The van der Waals surface area contributed by atoms with Gasteiger partial charge in [0.15, 0.2) is 5.76 Å². The van der Waals surface area contributed by atoms with Crippen LogP contribution < -0.4 is 4.74 Å². The Hall–Kier alpha value is -1.81. The van der Waals surface area contributed by atoms with Crippen molar-refractivity contribution in [2.24, 2.45) is 0 Å². The second kappa shape index (κ2) is 5.01. The first-order valence-corrected chi connectivity index (χ1v) is 5.49. The highest BCUT2D eigenvalue weighted by atomic mass is 16.5. The lowest BCUT2D eigenvalue weighted by atomic mass is 10.1. The lowest BCUT2D eigenvalue weighted by molar-refractivity contribution is 0.186. The molecule has 0 aliphatic heterocycles. The van der Waals surface area contributed by atoms with E-state index in [4.69, 9.17) is 9.26 Å². The number of para-hydroxylation sites is 1. The highest BCUT2D eigenvalue weighted by Gasteiger charge is 2.09. The zero-order valence-electron chi connectivity index (χ0n) is 9.88. The topological polar surface area (TPSA) is 55.5 Å². The first kappa shape index (κ1) is 11.7. The van der Waals surface area contributed by atoms with E-state index in [0.717, 1.165) is 11.3 Å². The highest BCUT2D eigenvalue weighted by Crippen LogP contribution is 2.25. The third kappa shape index (κ3) is 2.85. The van der Waals surface area contributed by atoms with Gasteiger partial charge in [-0.2, -0.15) is 0 Å². The van der Waals surface area contributed by atoms with Gasteiger partial charge in [-0.3, -0.25) is 0 Å². The van der Waals surface area contributed by atoms with E-state index >= 15 is 0 Å². The van der Waals surface area contributed by atoms with Crippen molar-refractivity contribution >= 4 is 0 Å². The van der Waals surface area contributed by atoms with Crippen LogP contribution in [0.3, 0.4) is 0 Å². The molecule has 2 rings (SSSR count). The largest absolute Gasteiger partial charge is 0.485 e. The van der Waals surface area contributed by atoms with Gasteiger partial charge in [-0.05, 0) is 19.9 Å². The van der Waals surface area contributed by atoms with Crippen LogP contribution in [0.4, 0.5) is 0 Å². The Morgan fingerprint density at radius 2 is 2.18 bits per heavy atom. The summed E-state index contributed by atoms with van der Waals surface area (Å²) >= 11 is 0. The van der Waals surface area contributed by atoms with Crippen molar-refractivity contribution < 1.29 is 14.4 Å². The van der Waals surface area contributed by atoms with Crippen LogP contribution in [0, 0.1) is 6.92 Å². The molecule has 0 spiro atoms. The van der Waals surface area contributed by atoms with E-state index in [2.05, 4.69) is 5.16 Å². The fourth-order valence-corrected chi connectivity index (χ4v) is 1.59. The molecular weight excluding hydrogens is 218 g/mol. The third-order valence-corrected chi connectivity index (χ3v) is 2.42. The third-order valence-electron chi connectivity index (χ3n) is 2.42. The maximum absolute atomic E-state index is 9.59. The SMILES string of the molecule is Cc1cc(COc2ccccc2[C@H](C)O)on1. The monoisotopic (exact) mass is 233 g/mol. The van der Waals surface area contributed by atoms with Crippen molar-refractivity contribution in [1.29, 1.82) is 0 Å². The van der Waals surface area contributed by atoms with Crippen molar-refractivity contribution in [1.82, 2.24) is 5.16 Å². The minimum atomic E-state index is -0.553. The van der Waals surface area contributed by atoms with Crippen LogP contribution in [0.1, 0.15) is 30.0 Å². The summed E-state index contributed by atoms with van der Waals surface area (Å²) in [5.74, 6) is 1.33. The summed E-state index contributed by atoms with van der Waals surface area (Å²) in [4.78, 5) is 0. The summed E-state index contributed by atoms with van der Waals surface area (Å²) in [6, 6.07) is 9.22. The Morgan fingerprint density at radius 3 is 2.82 bits per heavy atom. The van der Waals surface area contributed by atoms with Crippen LogP contribution in [-0.4, -0.2) is 10.3 Å². The molecule has 90 valence electrons. The summed E-state index contributed by atoms with van der Waals surface area (Å²) in [7, 11) is 0. The summed E-state index contributed by atoms with van der Waals surface area (Å²) in [5, 5.41) is 13.4. The predicted molar refractivity (Wildman–Crippen MR) is 62.6 cm³/mol. The number of aliphatic hydroxyl groups excluding tert-OH is 1. The number of rotatable bonds is 4. The molecule has 0 saturated carbocycles. The number of nitrogens with zero attached hydrogens (tertiary/aromatic N) is 1. The van der Waals surface area contributed by atoms with Crippen LogP contribution in [0.25, 0.3) is 0 Å². The van der Waals surface area contributed by atoms with E-state index in [1.165, 1.54) is 0 Å². The molecule has 1 atom stereocenters. The standard InChI is InChI=1S/C13H15NO3/c1-9-7-11(17-14-9)8-16-13-6-4-3-5-12(13)10(2)15/h3-7,10,15H,8H2,1-2H3/t10-/m0/s1. The van der Waals surface area contributed by atoms with Gasteiger partial charge in [-0.1, -0.05) is 23.4 Å². The quantitative estimate of drug-likeness (QED) is 0.881. The van der Waals surface area contributed by atoms with Crippen LogP contribution in [0.15, 0.2) is 34.9 Å². The van der Waals surface area contributed by atoms with Crippen molar-refractivity contribution in [2.45, 2.75) is 26.6 Å². The predicted octanol–water partition coefficient (Wildman–Crippen LogP) is 2.62. The molecule has 0 aliphatic carbocycles. The summed E-state index contributed by atoms with van der Waals surface area (Å²) in [5.41, 5.74) is 1.59. The van der Waals surface area contributed by atoms with Crippen LogP contribution in [-0.2, 0) is 6.61 Å². The average molecular weight is 233 g/mol. The van der Waals surface area contributed by atoms with Crippen LogP contribution in [0.5, 0.6) is 5.75 Å². The number of ether oxygens (including phenoxy) is 1. The normalized spacial score (nSPS) is 12.4. The van der Waals surface area contributed by atoms with Gasteiger partial charge in [0, 0.05) is 11.6 Å². The van der Waals surface area contributed by atoms with Gasteiger partial charge in [0.05, 0.1) is 11.8 Å². The number of aromatic nitrogens is 1. The van der Waals surface area contributed by atoms with Gasteiger partial charge < -0.3 is 14.4 Å². The van der Waals surface area contributed by atoms with Gasteiger partial charge in [-0.25, -0.2) is 0 Å². The molecular formula is C13H15NO3.